The summed E-state index contributed by atoms with van der Waals surface area (Å²) in [5, 5.41) is 0. The summed E-state index contributed by atoms with van der Waals surface area (Å²) in [6.07, 6.45) is 1.18. The highest BCUT2D eigenvalue weighted by Crippen LogP contribution is 2.32. The van der Waals surface area contributed by atoms with E-state index < -0.39 is 5.41 Å². The van der Waals surface area contributed by atoms with Crippen molar-refractivity contribution in [2.24, 2.45) is 5.41 Å². The molecule has 0 bridgehead atoms. The van der Waals surface area contributed by atoms with Gasteiger partial charge in [0.1, 0.15) is 5.78 Å². The topological polar surface area (TPSA) is 34.1 Å². The highest BCUT2D eigenvalue weighted by Gasteiger charge is 2.42. The molecule has 11 heavy (non-hydrogen) atoms. The highest BCUT2D eigenvalue weighted by molar-refractivity contribution is 9.10. The van der Waals surface area contributed by atoms with Crippen molar-refractivity contribution in [3.05, 3.63) is 0 Å². The molecule has 1 aliphatic rings. The van der Waals surface area contributed by atoms with Crippen molar-refractivity contribution >= 4 is 27.5 Å². The molecule has 1 atom stereocenters. The molecule has 62 valence electrons. The van der Waals surface area contributed by atoms with Crippen LogP contribution in [0.25, 0.3) is 0 Å². The maximum absolute atomic E-state index is 11.4. The van der Waals surface area contributed by atoms with Crippen molar-refractivity contribution < 1.29 is 9.59 Å². The number of hydrogen-bond acceptors (Lipinski definition) is 2. The molecule has 0 amide bonds. The van der Waals surface area contributed by atoms with Crippen molar-refractivity contribution in [2.75, 3.05) is 0 Å². The quantitative estimate of drug-likeness (QED) is 0.459. The zero-order valence-corrected chi connectivity index (χ0v) is 8.27. The van der Waals surface area contributed by atoms with Gasteiger partial charge in [0.25, 0.3) is 0 Å². The molecule has 1 unspecified atom stereocenters. The van der Waals surface area contributed by atoms with E-state index in [1.54, 1.807) is 13.8 Å². The third-order valence-corrected chi connectivity index (χ3v) is 3.10. The van der Waals surface area contributed by atoms with E-state index in [9.17, 15) is 9.59 Å². The molecule has 0 aliphatic heterocycles. The zero-order valence-electron chi connectivity index (χ0n) is 6.69. The van der Waals surface area contributed by atoms with Crippen molar-refractivity contribution in [1.82, 2.24) is 0 Å². The molecule has 1 fully saturated rings. The minimum absolute atomic E-state index is 0.0220. The second-order valence-corrected chi connectivity index (χ2v) is 4.52. The lowest BCUT2D eigenvalue weighted by Crippen LogP contribution is -2.42. The molecular weight excluding hydrogens is 208 g/mol. The molecular formula is C8H11BrO2. The van der Waals surface area contributed by atoms with Crippen LogP contribution in [0.4, 0.5) is 0 Å². The van der Waals surface area contributed by atoms with Crippen LogP contribution in [0, 0.1) is 5.41 Å². The minimum atomic E-state index is -0.758. The Morgan fingerprint density at radius 3 is 2.45 bits per heavy atom. The van der Waals surface area contributed by atoms with E-state index in [2.05, 4.69) is 15.9 Å². The summed E-state index contributed by atoms with van der Waals surface area (Å²) in [7, 11) is 0. The fourth-order valence-electron chi connectivity index (χ4n) is 1.23. The van der Waals surface area contributed by atoms with Gasteiger partial charge in [0.05, 0.1) is 10.2 Å². The number of halogens is 1. The number of ketones is 2. The minimum Gasteiger partial charge on any atom is -0.299 e. The number of Topliss-reactive ketones (excluding diaryl/α,β-unsaturated/α-hetero) is 2. The molecule has 1 saturated carbocycles. The monoisotopic (exact) mass is 218 g/mol. The second kappa shape index (κ2) is 2.70. The second-order valence-electron chi connectivity index (χ2n) is 3.42. The lowest BCUT2D eigenvalue weighted by molar-refractivity contribution is -0.140. The average Bonchev–Trinajstić information content (AvgIpc) is 1.95. The number of hydrogen-bond donors (Lipinski definition) is 0. The summed E-state index contributed by atoms with van der Waals surface area (Å²) in [6, 6.07) is 0. The molecule has 2 nitrogen and oxygen atoms in total. The van der Waals surface area contributed by atoms with Gasteiger partial charge in [0, 0.05) is 6.42 Å². The zero-order chi connectivity index (χ0) is 8.65. The van der Waals surface area contributed by atoms with Gasteiger partial charge >= 0.3 is 0 Å². The molecule has 0 spiro atoms. The standard InChI is InChI=1S/C8H11BrO2/c1-8(2)6(10)4-3-5(9)7(8)11/h5H,3-4H2,1-2H3. The summed E-state index contributed by atoms with van der Waals surface area (Å²) in [5.41, 5.74) is -0.758. The van der Waals surface area contributed by atoms with Crippen LogP contribution in [-0.2, 0) is 9.59 Å². The first-order chi connectivity index (χ1) is 4.96. The van der Waals surface area contributed by atoms with Crippen LogP contribution >= 0.6 is 15.9 Å². The fraction of sp³-hybridized carbons (Fsp3) is 0.750. The van der Waals surface area contributed by atoms with E-state index in [-0.39, 0.29) is 16.4 Å². The molecule has 1 rings (SSSR count). The molecule has 0 aromatic heterocycles. The van der Waals surface area contributed by atoms with Crippen molar-refractivity contribution in [1.29, 1.82) is 0 Å². The van der Waals surface area contributed by atoms with Gasteiger partial charge in [0.2, 0.25) is 0 Å². The van der Waals surface area contributed by atoms with E-state index in [1.807, 2.05) is 0 Å². The Morgan fingerprint density at radius 1 is 1.45 bits per heavy atom. The predicted molar refractivity (Wildman–Crippen MR) is 45.7 cm³/mol. The predicted octanol–water partition coefficient (Wildman–Crippen LogP) is 1.71. The lowest BCUT2D eigenvalue weighted by atomic mass is 9.75. The summed E-state index contributed by atoms with van der Waals surface area (Å²) >= 11 is 3.25. The van der Waals surface area contributed by atoms with Gasteiger partial charge in [-0.1, -0.05) is 15.9 Å². The molecule has 0 aromatic rings. The Morgan fingerprint density at radius 2 is 2.00 bits per heavy atom. The SMILES string of the molecule is CC1(C)C(=O)CCC(Br)C1=O. The van der Waals surface area contributed by atoms with Crippen LogP contribution in [0.15, 0.2) is 0 Å². The molecule has 3 heteroatoms. The number of rotatable bonds is 0. The summed E-state index contributed by atoms with van der Waals surface area (Å²) in [4.78, 5) is 22.5. The first-order valence-corrected chi connectivity index (χ1v) is 4.59. The molecule has 0 radical (unpaired) electrons. The third-order valence-electron chi connectivity index (χ3n) is 2.22. The molecule has 0 heterocycles. The molecule has 0 N–H and O–H groups in total. The van der Waals surface area contributed by atoms with E-state index in [0.717, 1.165) is 0 Å². The highest BCUT2D eigenvalue weighted by atomic mass is 79.9. The van der Waals surface area contributed by atoms with Crippen LogP contribution in [0.5, 0.6) is 0 Å². The first kappa shape index (κ1) is 8.91. The van der Waals surface area contributed by atoms with Crippen LogP contribution in [0.2, 0.25) is 0 Å². The first-order valence-electron chi connectivity index (χ1n) is 3.68. The lowest BCUT2D eigenvalue weighted by Gasteiger charge is -2.29. The van der Waals surface area contributed by atoms with E-state index >= 15 is 0 Å². The maximum atomic E-state index is 11.4. The normalized spacial score (nSPS) is 30.6. The number of alkyl halides is 1. The largest absolute Gasteiger partial charge is 0.299 e. The smallest absolute Gasteiger partial charge is 0.159 e. The molecule has 0 aromatic carbocycles. The third kappa shape index (κ3) is 1.39. The Hall–Kier alpha value is -0.180. The van der Waals surface area contributed by atoms with E-state index in [4.69, 9.17) is 0 Å². The Labute approximate surface area is 74.5 Å². The van der Waals surface area contributed by atoms with Gasteiger partial charge in [-0.2, -0.15) is 0 Å². The molecule has 1 aliphatic carbocycles. The van der Waals surface area contributed by atoms with Crippen molar-refractivity contribution in [2.45, 2.75) is 31.5 Å². The van der Waals surface area contributed by atoms with Gasteiger partial charge in [-0.25, -0.2) is 0 Å². The van der Waals surface area contributed by atoms with Crippen LogP contribution < -0.4 is 0 Å². The Kier molecular flexibility index (Phi) is 2.19. The average molecular weight is 219 g/mol. The Bertz CT molecular complexity index is 208. The van der Waals surface area contributed by atoms with E-state index in [1.165, 1.54) is 0 Å². The van der Waals surface area contributed by atoms with Gasteiger partial charge in [0.15, 0.2) is 5.78 Å². The van der Waals surface area contributed by atoms with Crippen molar-refractivity contribution in [3.8, 4) is 0 Å². The van der Waals surface area contributed by atoms with Gasteiger partial charge in [-0.3, -0.25) is 9.59 Å². The van der Waals surface area contributed by atoms with Crippen LogP contribution in [0.3, 0.4) is 0 Å². The van der Waals surface area contributed by atoms with Crippen LogP contribution in [0.1, 0.15) is 26.7 Å². The number of carbonyl (C=O) groups is 2. The summed E-state index contributed by atoms with van der Waals surface area (Å²) in [5.74, 6) is 0.0898. The van der Waals surface area contributed by atoms with Crippen molar-refractivity contribution in [3.63, 3.8) is 0 Å². The van der Waals surface area contributed by atoms with Gasteiger partial charge in [-0.05, 0) is 20.3 Å². The fourth-order valence-corrected chi connectivity index (χ4v) is 2.03. The summed E-state index contributed by atoms with van der Waals surface area (Å²) in [6.45, 7) is 3.40. The van der Waals surface area contributed by atoms with Gasteiger partial charge < -0.3 is 0 Å². The van der Waals surface area contributed by atoms with Crippen LogP contribution in [-0.4, -0.2) is 16.4 Å². The Balaban J connectivity index is 2.90. The maximum Gasteiger partial charge on any atom is 0.159 e. The summed E-state index contributed by atoms with van der Waals surface area (Å²) < 4.78 is 0. The number of carbonyl (C=O) groups excluding carboxylic acids is 2. The molecule has 0 saturated heterocycles. The van der Waals surface area contributed by atoms with E-state index in [0.29, 0.717) is 12.8 Å². The van der Waals surface area contributed by atoms with Gasteiger partial charge in [-0.15, -0.1) is 0 Å².